The topological polar surface area (TPSA) is 86.7 Å². The van der Waals surface area contributed by atoms with Crippen molar-refractivity contribution >= 4 is 40.6 Å². The van der Waals surface area contributed by atoms with Gasteiger partial charge in [0.05, 0.1) is 10.6 Å². The molecule has 28 heavy (non-hydrogen) atoms. The van der Waals surface area contributed by atoms with Crippen molar-refractivity contribution in [3.05, 3.63) is 76.7 Å². The summed E-state index contributed by atoms with van der Waals surface area (Å²) in [7, 11) is 0. The smallest absolute Gasteiger partial charge is 0.294 e. The number of thioether (sulfide) groups is 1. The summed E-state index contributed by atoms with van der Waals surface area (Å²) >= 11 is 0.800. The zero-order valence-electron chi connectivity index (χ0n) is 15.1. The molecule has 3 rings (SSSR count). The lowest BCUT2D eigenvalue weighted by Crippen LogP contribution is -2.36. The Morgan fingerprint density at radius 3 is 2.50 bits per heavy atom. The van der Waals surface area contributed by atoms with Crippen LogP contribution in [0.4, 0.5) is 10.5 Å². The number of hydrogen-bond acceptors (Lipinski definition) is 5. The number of phenols is 1. The predicted molar refractivity (Wildman–Crippen MR) is 110 cm³/mol. The number of carbonyl (C=O) groups is 3. The van der Waals surface area contributed by atoms with Crippen LogP contribution >= 0.6 is 11.8 Å². The molecule has 0 aromatic heterocycles. The van der Waals surface area contributed by atoms with Crippen LogP contribution in [0.1, 0.15) is 12.5 Å². The van der Waals surface area contributed by atoms with Gasteiger partial charge in [-0.15, -0.1) is 0 Å². The van der Waals surface area contributed by atoms with Gasteiger partial charge in [-0.05, 0) is 48.0 Å². The maximum Gasteiger partial charge on any atom is 0.294 e. The summed E-state index contributed by atoms with van der Waals surface area (Å²) in [5.74, 6) is -1.17. The van der Waals surface area contributed by atoms with Crippen molar-refractivity contribution in [1.29, 1.82) is 0 Å². The van der Waals surface area contributed by atoms with Gasteiger partial charge in [0.25, 0.3) is 11.1 Å². The summed E-state index contributed by atoms with van der Waals surface area (Å²) in [6, 6.07) is 15.8. The van der Waals surface area contributed by atoms with Crippen LogP contribution in [0.25, 0.3) is 6.08 Å². The molecule has 0 saturated carbocycles. The first-order valence-electron chi connectivity index (χ1n) is 8.50. The number of imide groups is 1. The summed E-state index contributed by atoms with van der Waals surface area (Å²) in [6.45, 7) is 1.42. The van der Waals surface area contributed by atoms with Gasteiger partial charge < -0.3 is 10.4 Å². The molecule has 142 valence electrons. The van der Waals surface area contributed by atoms with Gasteiger partial charge >= 0.3 is 0 Å². The Morgan fingerprint density at radius 2 is 1.79 bits per heavy atom. The maximum absolute atomic E-state index is 12.5. The molecule has 6 nitrogen and oxygen atoms in total. The Labute approximate surface area is 166 Å². The molecule has 2 N–H and O–H groups in total. The normalized spacial score (nSPS) is 16.0. The first-order valence-corrected chi connectivity index (χ1v) is 9.32. The Balaban J connectivity index is 1.68. The zero-order valence-corrected chi connectivity index (χ0v) is 15.9. The van der Waals surface area contributed by atoms with Gasteiger partial charge in [-0.2, -0.15) is 0 Å². The van der Waals surface area contributed by atoms with Crippen LogP contribution in [0, 0.1) is 0 Å². The summed E-state index contributed by atoms with van der Waals surface area (Å²) in [4.78, 5) is 38.0. The quantitative estimate of drug-likeness (QED) is 0.591. The van der Waals surface area contributed by atoms with Gasteiger partial charge in [0.1, 0.15) is 12.3 Å². The second-order valence-electron chi connectivity index (χ2n) is 6.13. The average Bonchev–Trinajstić information content (AvgIpc) is 2.91. The molecule has 1 aliphatic rings. The van der Waals surface area contributed by atoms with Crippen LogP contribution in [0.2, 0.25) is 0 Å². The van der Waals surface area contributed by atoms with Gasteiger partial charge in [-0.25, -0.2) is 0 Å². The summed E-state index contributed by atoms with van der Waals surface area (Å²) in [6.07, 6.45) is 3.54. The van der Waals surface area contributed by atoms with Crippen LogP contribution in [-0.4, -0.2) is 33.6 Å². The van der Waals surface area contributed by atoms with Gasteiger partial charge in [0, 0.05) is 0 Å². The van der Waals surface area contributed by atoms with Crippen LogP contribution in [0.15, 0.2) is 71.2 Å². The van der Waals surface area contributed by atoms with Gasteiger partial charge in [0.15, 0.2) is 0 Å². The van der Waals surface area contributed by atoms with E-state index in [2.05, 4.69) is 5.32 Å². The van der Waals surface area contributed by atoms with Crippen LogP contribution in [0.3, 0.4) is 0 Å². The third kappa shape index (κ3) is 4.69. The molecule has 1 saturated heterocycles. The SMILES string of the molecule is CC(=C/c1ccccc1)/C=C1/SC(=O)N(CC(=O)Nc2ccccc2O)C1=O. The second-order valence-corrected chi connectivity index (χ2v) is 7.13. The first kappa shape index (κ1) is 19.4. The number of rotatable bonds is 5. The highest BCUT2D eigenvalue weighted by atomic mass is 32.2. The first-order chi connectivity index (χ1) is 13.4. The second kappa shape index (κ2) is 8.58. The monoisotopic (exact) mass is 394 g/mol. The Bertz CT molecular complexity index is 983. The standard InChI is InChI=1S/C21H18N2O4S/c1-14(11-15-7-3-2-4-8-15)12-18-20(26)23(21(27)28-18)13-19(25)22-16-9-5-6-10-17(16)24/h2-12,24H,13H2,1H3,(H,22,25)/b14-11-,18-12+. The number of allylic oxidation sites excluding steroid dienone is 2. The molecular formula is C21H18N2O4S. The van der Waals surface area contributed by atoms with E-state index < -0.39 is 23.6 Å². The van der Waals surface area contributed by atoms with E-state index in [1.54, 1.807) is 18.2 Å². The number of para-hydroxylation sites is 2. The molecule has 1 fully saturated rings. The van der Waals surface area contributed by atoms with E-state index in [9.17, 15) is 19.5 Å². The highest BCUT2D eigenvalue weighted by Gasteiger charge is 2.36. The number of carbonyl (C=O) groups excluding carboxylic acids is 3. The minimum atomic E-state index is -0.568. The molecule has 2 aromatic rings. The van der Waals surface area contributed by atoms with E-state index >= 15 is 0 Å². The summed E-state index contributed by atoms with van der Waals surface area (Å²) in [5.41, 5.74) is 2.02. The van der Waals surface area contributed by atoms with E-state index in [1.165, 1.54) is 12.1 Å². The van der Waals surface area contributed by atoms with Crippen LogP contribution < -0.4 is 5.32 Å². The van der Waals surface area contributed by atoms with E-state index in [0.717, 1.165) is 27.8 Å². The van der Waals surface area contributed by atoms with Crippen molar-refractivity contribution in [3.63, 3.8) is 0 Å². The largest absolute Gasteiger partial charge is 0.506 e. The number of amides is 3. The van der Waals surface area contributed by atoms with Crippen molar-refractivity contribution in [3.8, 4) is 5.75 Å². The average molecular weight is 394 g/mol. The van der Waals surface area contributed by atoms with Crippen molar-refractivity contribution in [1.82, 2.24) is 4.90 Å². The highest BCUT2D eigenvalue weighted by Crippen LogP contribution is 2.31. The fraction of sp³-hybridized carbons (Fsp3) is 0.0952. The van der Waals surface area contributed by atoms with Crippen LogP contribution in [-0.2, 0) is 9.59 Å². The van der Waals surface area contributed by atoms with Gasteiger partial charge in [-0.3, -0.25) is 19.3 Å². The molecule has 0 unspecified atom stereocenters. The molecule has 1 heterocycles. The highest BCUT2D eigenvalue weighted by molar-refractivity contribution is 8.18. The molecule has 2 aromatic carbocycles. The van der Waals surface area contributed by atoms with Crippen molar-refractivity contribution in [2.24, 2.45) is 0 Å². The van der Waals surface area contributed by atoms with Gasteiger partial charge in [0.2, 0.25) is 5.91 Å². The predicted octanol–water partition coefficient (Wildman–Crippen LogP) is 4.01. The zero-order chi connectivity index (χ0) is 20.1. The third-order valence-electron chi connectivity index (χ3n) is 3.91. The summed E-state index contributed by atoms with van der Waals surface area (Å²) < 4.78 is 0. The maximum atomic E-state index is 12.5. The fourth-order valence-electron chi connectivity index (χ4n) is 2.61. The number of benzene rings is 2. The number of phenolic OH excluding ortho intramolecular Hbond substituents is 1. The minimum absolute atomic E-state index is 0.0911. The lowest BCUT2D eigenvalue weighted by atomic mass is 10.1. The number of nitrogens with zero attached hydrogens (tertiary/aromatic N) is 1. The Kier molecular flexibility index (Phi) is 5.96. The Morgan fingerprint density at radius 1 is 1.11 bits per heavy atom. The molecule has 3 amide bonds. The number of nitrogens with one attached hydrogen (secondary N) is 1. The van der Waals surface area contributed by atoms with Crippen LogP contribution in [0.5, 0.6) is 5.75 Å². The molecule has 0 atom stereocenters. The van der Waals surface area contributed by atoms with E-state index in [0.29, 0.717) is 0 Å². The van der Waals surface area contributed by atoms with Crippen molar-refractivity contribution in [2.75, 3.05) is 11.9 Å². The molecule has 0 bridgehead atoms. The van der Waals surface area contributed by atoms with E-state index in [4.69, 9.17) is 0 Å². The molecule has 0 radical (unpaired) electrons. The van der Waals surface area contributed by atoms with Gasteiger partial charge in [-0.1, -0.05) is 48.5 Å². The Hall–Kier alpha value is -3.32. The molecule has 1 aliphatic heterocycles. The summed E-state index contributed by atoms with van der Waals surface area (Å²) in [5, 5.41) is 11.7. The van der Waals surface area contributed by atoms with Crippen molar-refractivity contribution in [2.45, 2.75) is 6.92 Å². The molecule has 7 heteroatoms. The molecular weight excluding hydrogens is 376 g/mol. The minimum Gasteiger partial charge on any atom is -0.506 e. The lowest BCUT2D eigenvalue weighted by molar-refractivity contribution is -0.127. The van der Waals surface area contributed by atoms with E-state index in [-0.39, 0.29) is 16.3 Å². The number of hydrogen-bond donors (Lipinski definition) is 2. The lowest BCUT2D eigenvalue weighted by Gasteiger charge is -2.13. The molecule has 0 aliphatic carbocycles. The number of aromatic hydroxyl groups is 1. The molecule has 0 spiro atoms. The number of anilines is 1. The fourth-order valence-corrected chi connectivity index (χ4v) is 3.50. The van der Waals surface area contributed by atoms with E-state index in [1.807, 2.05) is 43.3 Å². The van der Waals surface area contributed by atoms with Crippen molar-refractivity contribution < 1.29 is 19.5 Å². The third-order valence-corrected chi connectivity index (χ3v) is 4.81.